The van der Waals surface area contributed by atoms with Crippen molar-refractivity contribution in [2.75, 3.05) is 19.8 Å². The van der Waals surface area contributed by atoms with E-state index in [4.69, 9.17) is 14.2 Å². The third kappa shape index (κ3) is 12.5. The molecule has 0 radical (unpaired) electrons. The number of Topliss-reactive ketones (excluding diaryl/α,β-unsaturated/α-hetero) is 2. The van der Waals surface area contributed by atoms with Crippen molar-refractivity contribution in [3.05, 3.63) is 27.3 Å². The average molecular weight is 546 g/mol. The zero-order chi connectivity index (χ0) is 23.2. The maximum absolute atomic E-state index is 11.6. The second kappa shape index (κ2) is 14.9. The van der Waals surface area contributed by atoms with Crippen molar-refractivity contribution in [2.24, 2.45) is 5.92 Å². The molecular formula is C23H31IO7. The van der Waals surface area contributed by atoms with E-state index < -0.39 is 11.9 Å². The highest BCUT2D eigenvalue weighted by atomic mass is 127. The Kier molecular flexibility index (Phi) is 13.0. The molecule has 0 fully saturated rings. The lowest BCUT2D eigenvalue weighted by molar-refractivity contribution is -0.148. The predicted molar refractivity (Wildman–Crippen MR) is 124 cm³/mol. The Labute approximate surface area is 197 Å². The first-order chi connectivity index (χ1) is 14.7. The number of hydrogen-bond donors (Lipinski definition) is 0. The number of carbonyl (C=O) groups excluding carboxylic acids is 4. The molecule has 8 heteroatoms. The van der Waals surface area contributed by atoms with Gasteiger partial charge in [0.05, 0.1) is 23.4 Å². The maximum atomic E-state index is 11.6. The van der Waals surface area contributed by atoms with Gasteiger partial charge in [-0.3, -0.25) is 19.2 Å². The van der Waals surface area contributed by atoms with Crippen LogP contribution in [0.15, 0.2) is 18.2 Å². The summed E-state index contributed by atoms with van der Waals surface area (Å²) in [4.78, 5) is 44.7. The van der Waals surface area contributed by atoms with E-state index in [-0.39, 0.29) is 43.5 Å². The van der Waals surface area contributed by atoms with Crippen LogP contribution in [0.25, 0.3) is 0 Å². The number of carbonyl (C=O) groups is 4. The number of esters is 2. The molecule has 0 saturated heterocycles. The molecule has 0 saturated carbocycles. The van der Waals surface area contributed by atoms with Crippen molar-refractivity contribution < 1.29 is 33.4 Å². The Morgan fingerprint density at radius 2 is 1.55 bits per heavy atom. The fourth-order valence-corrected chi connectivity index (χ4v) is 3.22. The van der Waals surface area contributed by atoms with Gasteiger partial charge in [0.25, 0.3) is 0 Å². The number of hydrogen-bond acceptors (Lipinski definition) is 7. The Hall–Kier alpha value is -1.97. The summed E-state index contributed by atoms with van der Waals surface area (Å²) in [5.74, 6) is -0.435. The molecule has 172 valence electrons. The molecule has 1 aromatic carbocycles. The van der Waals surface area contributed by atoms with Crippen molar-refractivity contribution >= 4 is 46.1 Å². The van der Waals surface area contributed by atoms with Crippen molar-refractivity contribution in [3.8, 4) is 5.75 Å². The van der Waals surface area contributed by atoms with Gasteiger partial charge in [0, 0.05) is 0 Å². The minimum absolute atomic E-state index is 0.161. The summed E-state index contributed by atoms with van der Waals surface area (Å²) < 4.78 is 17.1. The Balaban J connectivity index is 2.44. The van der Waals surface area contributed by atoms with Gasteiger partial charge in [-0.1, -0.05) is 13.0 Å². The topological polar surface area (TPSA) is 96.0 Å². The van der Waals surface area contributed by atoms with E-state index in [0.29, 0.717) is 13.0 Å². The van der Waals surface area contributed by atoms with E-state index in [2.05, 4.69) is 22.6 Å². The SMILES string of the molecule is CCC(COC(=O)CC(C)=O)Cc1ccc(I)c(OCCCCOC(=O)CC(C)=O)c1. The fraction of sp³-hybridized carbons (Fsp3) is 0.565. The van der Waals surface area contributed by atoms with Crippen LogP contribution in [0.5, 0.6) is 5.75 Å². The number of ether oxygens (including phenoxy) is 3. The van der Waals surface area contributed by atoms with Gasteiger partial charge in [-0.25, -0.2) is 0 Å². The summed E-state index contributed by atoms with van der Waals surface area (Å²) in [5.41, 5.74) is 1.09. The number of ketones is 2. The molecule has 31 heavy (non-hydrogen) atoms. The molecule has 0 amide bonds. The minimum atomic E-state index is -0.492. The van der Waals surface area contributed by atoms with Crippen LogP contribution in [-0.4, -0.2) is 43.3 Å². The summed E-state index contributed by atoms with van der Waals surface area (Å²) in [7, 11) is 0. The fourth-order valence-electron chi connectivity index (χ4n) is 2.73. The van der Waals surface area contributed by atoms with Crippen LogP contribution >= 0.6 is 22.6 Å². The zero-order valence-corrected chi connectivity index (χ0v) is 20.6. The first kappa shape index (κ1) is 27.1. The predicted octanol–water partition coefficient (Wildman–Crippen LogP) is 4.06. The molecule has 0 aliphatic rings. The summed E-state index contributed by atoms with van der Waals surface area (Å²) in [6.45, 7) is 5.81. The quantitative estimate of drug-likeness (QED) is 0.142. The third-order valence-electron chi connectivity index (χ3n) is 4.42. The number of halogens is 1. The first-order valence-corrected chi connectivity index (χ1v) is 11.5. The minimum Gasteiger partial charge on any atom is -0.492 e. The number of rotatable bonds is 15. The molecule has 0 bridgehead atoms. The van der Waals surface area contributed by atoms with Crippen LogP contribution in [0, 0.1) is 9.49 Å². The Bertz CT molecular complexity index is 760. The van der Waals surface area contributed by atoms with Crippen molar-refractivity contribution in [2.45, 2.75) is 59.3 Å². The smallest absolute Gasteiger partial charge is 0.313 e. The van der Waals surface area contributed by atoms with Gasteiger partial charge >= 0.3 is 11.9 Å². The first-order valence-electron chi connectivity index (χ1n) is 10.4. The van der Waals surface area contributed by atoms with Crippen LogP contribution in [0.3, 0.4) is 0 Å². The Morgan fingerprint density at radius 1 is 0.935 bits per heavy atom. The maximum Gasteiger partial charge on any atom is 0.313 e. The van der Waals surface area contributed by atoms with Crippen LogP contribution in [0.4, 0.5) is 0 Å². The molecule has 1 unspecified atom stereocenters. The molecule has 1 rings (SSSR count). The van der Waals surface area contributed by atoms with Gasteiger partial charge < -0.3 is 14.2 Å². The summed E-state index contributed by atoms with van der Waals surface area (Å²) in [6, 6.07) is 6.01. The normalized spacial score (nSPS) is 11.5. The average Bonchev–Trinajstić information content (AvgIpc) is 2.68. The molecule has 0 aromatic heterocycles. The molecule has 7 nitrogen and oxygen atoms in total. The Morgan fingerprint density at radius 3 is 2.16 bits per heavy atom. The van der Waals surface area contributed by atoms with Crippen molar-refractivity contribution in [3.63, 3.8) is 0 Å². The van der Waals surface area contributed by atoms with Gasteiger partial charge in [-0.05, 0) is 85.7 Å². The summed E-state index contributed by atoms with van der Waals surface area (Å²) in [6.07, 6.45) is 2.59. The van der Waals surface area contributed by atoms with Gasteiger partial charge in [-0.2, -0.15) is 0 Å². The second-order valence-electron chi connectivity index (χ2n) is 7.46. The lowest BCUT2D eigenvalue weighted by Crippen LogP contribution is -2.17. The van der Waals surface area contributed by atoms with Crippen LogP contribution in [0.1, 0.15) is 58.4 Å². The molecule has 1 atom stereocenters. The highest BCUT2D eigenvalue weighted by Gasteiger charge is 2.14. The number of benzene rings is 1. The molecule has 0 aliphatic heterocycles. The van der Waals surface area contributed by atoms with Crippen molar-refractivity contribution in [1.29, 1.82) is 0 Å². The lowest BCUT2D eigenvalue weighted by atomic mass is 9.97. The molecule has 1 aromatic rings. The molecule has 0 spiro atoms. The lowest BCUT2D eigenvalue weighted by Gasteiger charge is -2.16. The van der Waals surface area contributed by atoms with Crippen molar-refractivity contribution in [1.82, 2.24) is 0 Å². The van der Waals surface area contributed by atoms with E-state index >= 15 is 0 Å². The second-order valence-corrected chi connectivity index (χ2v) is 8.62. The monoisotopic (exact) mass is 546 g/mol. The summed E-state index contributed by atoms with van der Waals surface area (Å²) >= 11 is 2.22. The highest BCUT2D eigenvalue weighted by Crippen LogP contribution is 2.25. The van der Waals surface area contributed by atoms with E-state index in [1.807, 2.05) is 25.1 Å². The zero-order valence-electron chi connectivity index (χ0n) is 18.4. The molecule has 0 aliphatic carbocycles. The summed E-state index contributed by atoms with van der Waals surface area (Å²) in [5, 5.41) is 0. The van der Waals surface area contributed by atoms with E-state index in [0.717, 1.165) is 34.1 Å². The van der Waals surface area contributed by atoms with E-state index in [1.54, 1.807) is 0 Å². The third-order valence-corrected chi connectivity index (χ3v) is 5.31. The van der Waals surface area contributed by atoms with Crippen LogP contribution < -0.4 is 4.74 Å². The largest absolute Gasteiger partial charge is 0.492 e. The van der Waals surface area contributed by atoms with Gasteiger partial charge in [0.15, 0.2) is 0 Å². The molecule has 0 N–H and O–H groups in total. The van der Waals surface area contributed by atoms with Gasteiger partial charge in [0.2, 0.25) is 0 Å². The van der Waals surface area contributed by atoms with E-state index in [1.165, 1.54) is 13.8 Å². The van der Waals surface area contributed by atoms with Gasteiger partial charge in [-0.15, -0.1) is 0 Å². The van der Waals surface area contributed by atoms with Gasteiger partial charge in [0.1, 0.15) is 30.2 Å². The molecular weight excluding hydrogens is 515 g/mol. The number of unbranched alkanes of at least 4 members (excludes halogenated alkanes) is 1. The standard InChI is InChI=1S/C23H31IO7/c1-4-18(15-31-23(28)12-17(3)26)13-19-7-8-20(24)21(14-19)29-9-5-6-10-30-22(27)11-16(2)25/h7-8,14,18H,4-6,9-13,15H2,1-3H3. The van der Waals surface area contributed by atoms with Crippen LogP contribution in [0.2, 0.25) is 0 Å². The highest BCUT2D eigenvalue weighted by molar-refractivity contribution is 14.1. The molecule has 0 heterocycles. The van der Waals surface area contributed by atoms with E-state index in [9.17, 15) is 19.2 Å². The van der Waals surface area contributed by atoms with Crippen LogP contribution in [-0.2, 0) is 35.1 Å².